The lowest BCUT2D eigenvalue weighted by atomic mass is 9.85. The summed E-state index contributed by atoms with van der Waals surface area (Å²) in [4.78, 5) is 0. The standard InChI is InChI=1S/C16H36Si/c1-13(2,3)11-15(7,8)17-16(9,10)12-14(4,5)6/h11-12,17H2,1-10H3. The topological polar surface area (TPSA) is 0 Å². The van der Waals surface area contributed by atoms with E-state index < -0.39 is 0 Å². The highest BCUT2D eigenvalue weighted by molar-refractivity contribution is 6.43. The number of hydrogen-bond acceptors (Lipinski definition) is 0. The van der Waals surface area contributed by atoms with Gasteiger partial charge in [-0.1, -0.05) is 69.2 Å². The van der Waals surface area contributed by atoms with Crippen LogP contribution in [-0.4, -0.2) is 9.52 Å². The monoisotopic (exact) mass is 256 g/mol. The number of hydrogen-bond donors (Lipinski definition) is 0. The molecule has 0 rings (SSSR count). The zero-order valence-electron chi connectivity index (χ0n) is 14.1. The maximum Gasteiger partial charge on any atom is 0.0327 e. The molecule has 0 spiro atoms. The van der Waals surface area contributed by atoms with Crippen LogP contribution in [0, 0.1) is 10.8 Å². The van der Waals surface area contributed by atoms with Gasteiger partial charge in [-0.3, -0.25) is 0 Å². The molecular formula is C16H36Si. The molecule has 1 heteroatoms. The molecule has 17 heavy (non-hydrogen) atoms. The summed E-state index contributed by atoms with van der Waals surface area (Å²) < 4.78 is 0. The molecular weight excluding hydrogens is 220 g/mol. The Morgan fingerprint density at radius 2 is 0.765 bits per heavy atom. The maximum atomic E-state index is 2.49. The van der Waals surface area contributed by atoms with Crippen molar-refractivity contribution >= 4 is 9.52 Å². The lowest BCUT2D eigenvalue weighted by molar-refractivity contribution is 0.305. The van der Waals surface area contributed by atoms with Crippen molar-refractivity contribution in [3.63, 3.8) is 0 Å². The molecule has 0 N–H and O–H groups in total. The third kappa shape index (κ3) is 9.88. The molecule has 0 bridgehead atoms. The normalized spacial score (nSPS) is 15.2. The van der Waals surface area contributed by atoms with E-state index in [-0.39, 0.29) is 9.52 Å². The highest BCUT2D eigenvalue weighted by atomic mass is 28.2. The molecule has 0 aliphatic heterocycles. The molecule has 0 atom stereocenters. The minimum Gasteiger partial charge on any atom is -0.0629 e. The Morgan fingerprint density at radius 1 is 0.529 bits per heavy atom. The van der Waals surface area contributed by atoms with E-state index in [2.05, 4.69) is 69.2 Å². The Hall–Kier alpha value is 0.217. The Labute approximate surface area is 113 Å². The molecule has 0 amide bonds. The summed E-state index contributed by atoms with van der Waals surface area (Å²) in [6.45, 7) is 24.2. The van der Waals surface area contributed by atoms with Gasteiger partial charge in [0.2, 0.25) is 0 Å². The molecule has 0 aromatic rings. The van der Waals surface area contributed by atoms with Crippen molar-refractivity contribution in [2.75, 3.05) is 0 Å². The molecule has 0 aliphatic carbocycles. The first-order valence-electron chi connectivity index (χ1n) is 7.12. The van der Waals surface area contributed by atoms with Crippen LogP contribution >= 0.6 is 0 Å². The predicted octanol–water partition coefficient (Wildman–Crippen LogP) is 5.42. The van der Waals surface area contributed by atoms with E-state index in [0.29, 0.717) is 20.9 Å². The van der Waals surface area contributed by atoms with Crippen LogP contribution in [-0.2, 0) is 0 Å². The van der Waals surface area contributed by atoms with Gasteiger partial charge in [-0.25, -0.2) is 0 Å². The van der Waals surface area contributed by atoms with Crippen LogP contribution in [0.3, 0.4) is 0 Å². The van der Waals surface area contributed by atoms with Gasteiger partial charge in [0, 0.05) is 9.52 Å². The summed E-state index contributed by atoms with van der Waals surface area (Å²) in [7, 11) is -0.0925. The van der Waals surface area contributed by atoms with Crippen molar-refractivity contribution in [2.45, 2.75) is 92.2 Å². The molecule has 0 aromatic carbocycles. The summed E-state index contributed by atoms with van der Waals surface area (Å²) in [6, 6.07) is 0. The summed E-state index contributed by atoms with van der Waals surface area (Å²) >= 11 is 0. The van der Waals surface area contributed by atoms with E-state index in [0.717, 1.165) is 0 Å². The summed E-state index contributed by atoms with van der Waals surface area (Å²) in [5, 5.41) is 1.15. The smallest absolute Gasteiger partial charge is 0.0327 e. The van der Waals surface area contributed by atoms with Crippen LogP contribution < -0.4 is 0 Å². The molecule has 0 radical (unpaired) electrons. The third-order valence-electron chi connectivity index (χ3n) is 2.97. The van der Waals surface area contributed by atoms with Crippen LogP contribution in [0.25, 0.3) is 0 Å². The van der Waals surface area contributed by atoms with Crippen molar-refractivity contribution in [3.8, 4) is 0 Å². The zero-order valence-corrected chi connectivity index (χ0v) is 15.5. The van der Waals surface area contributed by atoms with Gasteiger partial charge in [-0.2, -0.15) is 0 Å². The second-order valence-corrected chi connectivity index (χ2v) is 14.2. The van der Waals surface area contributed by atoms with Crippen LogP contribution in [0.2, 0.25) is 10.1 Å². The van der Waals surface area contributed by atoms with Crippen molar-refractivity contribution in [3.05, 3.63) is 0 Å². The van der Waals surface area contributed by atoms with Crippen LogP contribution in [0.4, 0.5) is 0 Å². The Morgan fingerprint density at radius 3 is 0.941 bits per heavy atom. The van der Waals surface area contributed by atoms with Gasteiger partial charge in [0.15, 0.2) is 0 Å². The van der Waals surface area contributed by atoms with Crippen molar-refractivity contribution in [2.24, 2.45) is 10.8 Å². The highest BCUT2D eigenvalue weighted by Gasteiger charge is 2.34. The summed E-state index contributed by atoms with van der Waals surface area (Å²) in [5.74, 6) is 0. The van der Waals surface area contributed by atoms with E-state index in [1.54, 1.807) is 0 Å². The molecule has 0 aromatic heterocycles. The third-order valence-corrected chi connectivity index (χ3v) is 5.39. The molecule has 0 saturated heterocycles. The Bertz CT molecular complexity index is 209. The Kier molecular flexibility index (Phi) is 5.13. The maximum absolute atomic E-state index is 2.49. The second-order valence-electron chi connectivity index (χ2n) is 9.98. The first kappa shape index (κ1) is 17.2. The number of rotatable bonds is 4. The summed E-state index contributed by atoms with van der Waals surface area (Å²) in [5.41, 5.74) is 0.933. The molecule has 0 fully saturated rings. The van der Waals surface area contributed by atoms with Crippen molar-refractivity contribution in [1.29, 1.82) is 0 Å². The molecule has 0 heterocycles. The minimum absolute atomic E-state index is 0.0925. The van der Waals surface area contributed by atoms with E-state index >= 15 is 0 Å². The first-order valence-corrected chi connectivity index (χ1v) is 8.54. The zero-order chi connectivity index (χ0) is 14.1. The fourth-order valence-electron chi connectivity index (χ4n) is 4.29. The van der Waals surface area contributed by atoms with Crippen molar-refractivity contribution in [1.82, 2.24) is 0 Å². The molecule has 0 nitrogen and oxygen atoms in total. The fourth-order valence-corrected chi connectivity index (χ4v) is 8.63. The van der Waals surface area contributed by atoms with Crippen molar-refractivity contribution < 1.29 is 0 Å². The van der Waals surface area contributed by atoms with E-state index in [1.165, 1.54) is 12.8 Å². The molecule has 104 valence electrons. The lowest BCUT2D eigenvalue weighted by Crippen LogP contribution is -2.30. The largest absolute Gasteiger partial charge is 0.0629 e. The Balaban J connectivity index is 4.59. The van der Waals surface area contributed by atoms with E-state index in [1.807, 2.05) is 0 Å². The van der Waals surface area contributed by atoms with Gasteiger partial charge in [0.05, 0.1) is 0 Å². The molecule has 0 unspecified atom stereocenters. The van der Waals surface area contributed by atoms with Gasteiger partial charge in [0.1, 0.15) is 0 Å². The fraction of sp³-hybridized carbons (Fsp3) is 1.00. The SMILES string of the molecule is CC(C)(C)CC(C)(C)[SiH2]C(C)(C)CC(C)(C)C. The van der Waals surface area contributed by atoms with Gasteiger partial charge < -0.3 is 0 Å². The van der Waals surface area contributed by atoms with E-state index in [9.17, 15) is 0 Å². The first-order chi connectivity index (χ1) is 7.12. The predicted molar refractivity (Wildman–Crippen MR) is 84.8 cm³/mol. The second kappa shape index (κ2) is 5.07. The highest BCUT2D eigenvalue weighted by Crippen LogP contribution is 2.47. The summed E-state index contributed by atoms with van der Waals surface area (Å²) in [6.07, 6.45) is 2.72. The molecule has 0 saturated carbocycles. The van der Waals surface area contributed by atoms with Crippen LogP contribution in [0.15, 0.2) is 0 Å². The van der Waals surface area contributed by atoms with Crippen LogP contribution in [0.5, 0.6) is 0 Å². The minimum atomic E-state index is -0.0925. The van der Waals surface area contributed by atoms with Gasteiger partial charge >= 0.3 is 0 Å². The van der Waals surface area contributed by atoms with Crippen LogP contribution in [0.1, 0.15) is 82.1 Å². The van der Waals surface area contributed by atoms with Gasteiger partial charge in [0.25, 0.3) is 0 Å². The molecule has 0 aliphatic rings. The van der Waals surface area contributed by atoms with Gasteiger partial charge in [-0.05, 0) is 33.7 Å². The average Bonchev–Trinajstić information content (AvgIpc) is 1.65. The van der Waals surface area contributed by atoms with Gasteiger partial charge in [-0.15, -0.1) is 0 Å². The average molecular weight is 257 g/mol. The lowest BCUT2D eigenvalue weighted by Gasteiger charge is -2.41. The quantitative estimate of drug-likeness (QED) is 0.589. The van der Waals surface area contributed by atoms with E-state index in [4.69, 9.17) is 0 Å².